The minimum Gasteiger partial charge on any atom is -0.375 e. The van der Waals surface area contributed by atoms with Gasteiger partial charge in [0.15, 0.2) is 0 Å². The van der Waals surface area contributed by atoms with Crippen LogP contribution in [0.2, 0.25) is 0 Å². The van der Waals surface area contributed by atoms with E-state index >= 15 is 0 Å². The van der Waals surface area contributed by atoms with E-state index < -0.39 is 0 Å². The van der Waals surface area contributed by atoms with E-state index in [0.29, 0.717) is 12.2 Å². The van der Waals surface area contributed by atoms with Gasteiger partial charge in [0.25, 0.3) is 0 Å². The van der Waals surface area contributed by atoms with Crippen LogP contribution in [0.25, 0.3) is 0 Å². The van der Waals surface area contributed by atoms with Gasteiger partial charge in [0.1, 0.15) is 0 Å². The van der Waals surface area contributed by atoms with Gasteiger partial charge in [-0.25, -0.2) is 0 Å². The van der Waals surface area contributed by atoms with Crippen molar-refractivity contribution in [3.63, 3.8) is 0 Å². The molecule has 0 radical (unpaired) electrons. The fraction of sp³-hybridized carbons (Fsp3) is 1.00. The molecule has 3 atom stereocenters. The monoisotopic (exact) mass is 184 g/mol. The molecular weight excluding hydrogens is 160 g/mol. The van der Waals surface area contributed by atoms with Gasteiger partial charge in [-0.1, -0.05) is 27.7 Å². The van der Waals surface area contributed by atoms with E-state index in [-0.39, 0.29) is 0 Å². The molecule has 1 nitrogen and oxygen atoms in total. The lowest BCUT2D eigenvalue weighted by Gasteiger charge is -2.23. The summed E-state index contributed by atoms with van der Waals surface area (Å²) >= 11 is 0. The van der Waals surface area contributed by atoms with Crippen LogP contribution >= 0.6 is 0 Å². The maximum atomic E-state index is 5.95. The van der Waals surface area contributed by atoms with Crippen molar-refractivity contribution < 1.29 is 4.74 Å². The average molecular weight is 184 g/mol. The van der Waals surface area contributed by atoms with E-state index in [4.69, 9.17) is 4.74 Å². The zero-order valence-corrected chi connectivity index (χ0v) is 9.71. The Bertz CT molecular complexity index is 151. The van der Waals surface area contributed by atoms with Gasteiger partial charge in [0.2, 0.25) is 0 Å². The third-order valence-electron chi connectivity index (χ3n) is 3.05. The number of hydrogen-bond acceptors (Lipinski definition) is 1. The first-order valence-corrected chi connectivity index (χ1v) is 5.66. The molecule has 1 unspecified atom stereocenters. The Morgan fingerprint density at radius 2 is 1.85 bits per heavy atom. The Morgan fingerprint density at radius 1 is 1.23 bits per heavy atom. The molecule has 0 bridgehead atoms. The zero-order chi connectivity index (χ0) is 10.0. The van der Waals surface area contributed by atoms with Gasteiger partial charge >= 0.3 is 0 Å². The van der Waals surface area contributed by atoms with Gasteiger partial charge < -0.3 is 4.74 Å². The maximum Gasteiger partial charge on any atom is 0.0612 e. The molecule has 1 aliphatic heterocycles. The van der Waals surface area contributed by atoms with Gasteiger partial charge in [0.05, 0.1) is 12.2 Å². The third kappa shape index (κ3) is 2.98. The van der Waals surface area contributed by atoms with Gasteiger partial charge in [-0.05, 0) is 37.5 Å². The van der Waals surface area contributed by atoms with Crippen molar-refractivity contribution in [1.82, 2.24) is 0 Å². The van der Waals surface area contributed by atoms with Crippen molar-refractivity contribution >= 4 is 0 Å². The number of ether oxygens (including phenoxy) is 1. The summed E-state index contributed by atoms with van der Waals surface area (Å²) in [4.78, 5) is 0. The Morgan fingerprint density at radius 3 is 2.31 bits per heavy atom. The molecule has 78 valence electrons. The molecule has 0 N–H and O–H groups in total. The first-order valence-electron chi connectivity index (χ1n) is 5.66. The number of hydrogen-bond donors (Lipinski definition) is 0. The van der Waals surface area contributed by atoms with Gasteiger partial charge in [-0.2, -0.15) is 0 Å². The standard InChI is InChI=1S/C12H24O/c1-8(2)6-12-11(9(3)4)7-10(5)13-12/h8-12H,6-7H2,1-5H3/t10-,11?,12+/m0/s1. The van der Waals surface area contributed by atoms with Crippen LogP contribution in [0.4, 0.5) is 0 Å². The minimum absolute atomic E-state index is 0.483. The molecule has 1 aliphatic rings. The topological polar surface area (TPSA) is 9.23 Å². The summed E-state index contributed by atoms with van der Waals surface area (Å²) < 4.78 is 5.95. The predicted molar refractivity (Wildman–Crippen MR) is 56.7 cm³/mol. The molecule has 0 saturated carbocycles. The van der Waals surface area contributed by atoms with Gasteiger partial charge in [-0.3, -0.25) is 0 Å². The molecule has 1 saturated heterocycles. The summed E-state index contributed by atoms with van der Waals surface area (Å²) in [6, 6.07) is 0. The van der Waals surface area contributed by atoms with Crippen LogP contribution in [0, 0.1) is 17.8 Å². The molecule has 1 rings (SSSR count). The lowest BCUT2D eigenvalue weighted by Crippen LogP contribution is -2.22. The van der Waals surface area contributed by atoms with Crippen molar-refractivity contribution in [3.8, 4) is 0 Å². The van der Waals surface area contributed by atoms with Crippen LogP contribution in [0.1, 0.15) is 47.5 Å². The van der Waals surface area contributed by atoms with Gasteiger partial charge in [-0.15, -0.1) is 0 Å². The Kier molecular flexibility index (Phi) is 3.78. The summed E-state index contributed by atoms with van der Waals surface area (Å²) in [6.45, 7) is 11.4. The molecule has 0 amide bonds. The SMILES string of the molecule is CC(C)C[C@H]1O[C@@H](C)CC1C(C)C. The van der Waals surface area contributed by atoms with Crippen molar-refractivity contribution in [2.24, 2.45) is 17.8 Å². The number of rotatable bonds is 3. The van der Waals surface area contributed by atoms with E-state index in [1.54, 1.807) is 0 Å². The predicted octanol–water partition coefficient (Wildman–Crippen LogP) is 3.48. The fourth-order valence-corrected chi connectivity index (χ4v) is 2.39. The summed E-state index contributed by atoms with van der Waals surface area (Å²) in [5.74, 6) is 2.32. The second kappa shape index (κ2) is 4.45. The molecular formula is C12H24O. The van der Waals surface area contributed by atoms with E-state index in [0.717, 1.165) is 17.8 Å². The first kappa shape index (κ1) is 11.0. The van der Waals surface area contributed by atoms with Crippen molar-refractivity contribution in [1.29, 1.82) is 0 Å². The fourth-order valence-electron chi connectivity index (χ4n) is 2.39. The first-order chi connectivity index (χ1) is 6.00. The van der Waals surface area contributed by atoms with E-state index in [2.05, 4.69) is 34.6 Å². The Labute approximate surface area is 82.9 Å². The van der Waals surface area contributed by atoms with Gasteiger partial charge in [0, 0.05) is 0 Å². The maximum absolute atomic E-state index is 5.95. The second-order valence-electron chi connectivity index (χ2n) is 5.26. The quantitative estimate of drug-likeness (QED) is 0.652. The minimum atomic E-state index is 0.483. The summed E-state index contributed by atoms with van der Waals surface area (Å²) in [5.41, 5.74) is 0. The summed E-state index contributed by atoms with van der Waals surface area (Å²) in [5, 5.41) is 0. The van der Waals surface area contributed by atoms with Crippen molar-refractivity contribution in [2.45, 2.75) is 59.7 Å². The average Bonchev–Trinajstić information content (AvgIpc) is 2.29. The van der Waals surface area contributed by atoms with Crippen LogP contribution in [0.3, 0.4) is 0 Å². The Hall–Kier alpha value is -0.0400. The highest BCUT2D eigenvalue weighted by atomic mass is 16.5. The van der Waals surface area contributed by atoms with Crippen LogP contribution in [0.15, 0.2) is 0 Å². The van der Waals surface area contributed by atoms with E-state index in [1.807, 2.05) is 0 Å². The smallest absolute Gasteiger partial charge is 0.0612 e. The van der Waals surface area contributed by atoms with Crippen molar-refractivity contribution in [2.75, 3.05) is 0 Å². The molecule has 0 aliphatic carbocycles. The van der Waals surface area contributed by atoms with Crippen LogP contribution < -0.4 is 0 Å². The summed E-state index contributed by atoms with van der Waals surface area (Å²) in [6.07, 6.45) is 3.49. The molecule has 13 heavy (non-hydrogen) atoms. The molecule has 0 aromatic carbocycles. The molecule has 0 aromatic heterocycles. The lowest BCUT2D eigenvalue weighted by molar-refractivity contribution is 0.0246. The molecule has 1 heterocycles. The van der Waals surface area contributed by atoms with Crippen LogP contribution in [-0.2, 0) is 4.74 Å². The highest BCUT2D eigenvalue weighted by Gasteiger charge is 2.34. The lowest BCUT2D eigenvalue weighted by atomic mass is 9.85. The normalized spacial score (nSPS) is 34.8. The van der Waals surface area contributed by atoms with E-state index in [9.17, 15) is 0 Å². The molecule has 0 spiro atoms. The molecule has 0 aromatic rings. The largest absolute Gasteiger partial charge is 0.375 e. The second-order valence-corrected chi connectivity index (χ2v) is 5.26. The molecule has 1 heteroatoms. The van der Waals surface area contributed by atoms with Crippen LogP contribution in [0.5, 0.6) is 0 Å². The van der Waals surface area contributed by atoms with Crippen molar-refractivity contribution in [3.05, 3.63) is 0 Å². The highest BCUT2D eigenvalue weighted by Crippen LogP contribution is 2.35. The summed E-state index contributed by atoms with van der Waals surface area (Å²) in [7, 11) is 0. The third-order valence-corrected chi connectivity index (χ3v) is 3.05. The van der Waals surface area contributed by atoms with Crippen LogP contribution in [-0.4, -0.2) is 12.2 Å². The Balaban J connectivity index is 2.50. The highest BCUT2D eigenvalue weighted by molar-refractivity contribution is 4.83. The molecule has 1 fully saturated rings. The zero-order valence-electron chi connectivity index (χ0n) is 9.71. The van der Waals surface area contributed by atoms with E-state index in [1.165, 1.54) is 12.8 Å².